The van der Waals surface area contributed by atoms with E-state index < -0.39 is 49.1 Å². The van der Waals surface area contributed by atoms with Crippen LogP contribution in [0.5, 0.6) is 0 Å². The van der Waals surface area contributed by atoms with Gasteiger partial charge in [0.05, 0.1) is 0 Å². The Hall–Kier alpha value is -2.39. The highest BCUT2D eigenvalue weighted by molar-refractivity contribution is 6.45. The normalized spacial score (nSPS) is 19.4. The average Bonchev–Trinajstić information content (AvgIpc) is 3.33. The number of nitrogens with zero attached hydrogens (tertiary/aromatic N) is 3. The maximum Gasteiger partial charge on any atom is 0.406 e. The highest BCUT2D eigenvalue weighted by Gasteiger charge is 2.47. The third-order valence-electron chi connectivity index (χ3n) is 4.21. The minimum Gasteiger partial charge on any atom is -0.329 e. The van der Waals surface area contributed by atoms with Crippen molar-refractivity contribution in [3.8, 4) is 0 Å². The SMILES string of the molecule is C=CCN1C(=O)C(=O)N(CC(=O)N(CC(F)(F)F)C(C)C2CC2)C1=O. The summed E-state index contributed by atoms with van der Waals surface area (Å²) >= 11 is 0. The summed E-state index contributed by atoms with van der Waals surface area (Å²) in [6, 6.07) is -1.70. The van der Waals surface area contributed by atoms with Crippen LogP contribution < -0.4 is 0 Å². The molecule has 2 aliphatic rings. The molecule has 0 spiro atoms. The van der Waals surface area contributed by atoms with Crippen molar-refractivity contribution in [1.29, 1.82) is 0 Å². The van der Waals surface area contributed by atoms with E-state index in [0.717, 1.165) is 12.8 Å². The van der Waals surface area contributed by atoms with Gasteiger partial charge in [0, 0.05) is 12.6 Å². The maximum atomic E-state index is 12.8. The zero-order valence-electron chi connectivity index (χ0n) is 13.6. The van der Waals surface area contributed by atoms with Crippen LogP contribution in [0.15, 0.2) is 12.7 Å². The molecule has 5 amide bonds. The fourth-order valence-electron chi connectivity index (χ4n) is 2.69. The van der Waals surface area contributed by atoms with Crippen molar-refractivity contribution in [3.05, 3.63) is 12.7 Å². The molecule has 25 heavy (non-hydrogen) atoms. The number of urea groups is 1. The molecule has 1 aliphatic heterocycles. The van der Waals surface area contributed by atoms with Gasteiger partial charge in [-0.3, -0.25) is 19.3 Å². The molecule has 0 bridgehead atoms. The van der Waals surface area contributed by atoms with Gasteiger partial charge in [0.25, 0.3) is 0 Å². The van der Waals surface area contributed by atoms with Gasteiger partial charge >= 0.3 is 24.0 Å². The molecule has 138 valence electrons. The van der Waals surface area contributed by atoms with Gasteiger partial charge < -0.3 is 4.90 Å². The largest absolute Gasteiger partial charge is 0.406 e. The fourth-order valence-corrected chi connectivity index (χ4v) is 2.69. The first-order valence-electron chi connectivity index (χ1n) is 7.71. The number of amides is 5. The Kier molecular flexibility index (Phi) is 5.19. The van der Waals surface area contributed by atoms with Gasteiger partial charge in [0.2, 0.25) is 5.91 Å². The zero-order chi connectivity index (χ0) is 18.9. The molecule has 0 aromatic carbocycles. The Labute approximate surface area is 142 Å². The lowest BCUT2D eigenvalue weighted by atomic mass is 10.1. The number of rotatable bonds is 7. The second kappa shape index (κ2) is 6.85. The van der Waals surface area contributed by atoms with Crippen LogP contribution in [0.3, 0.4) is 0 Å². The molecule has 1 unspecified atom stereocenters. The van der Waals surface area contributed by atoms with Gasteiger partial charge in [-0.25, -0.2) is 9.69 Å². The van der Waals surface area contributed by atoms with Crippen LogP contribution in [0.25, 0.3) is 0 Å². The van der Waals surface area contributed by atoms with Crippen molar-refractivity contribution in [3.63, 3.8) is 0 Å². The molecule has 7 nitrogen and oxygen atoms in total. The first kappa shape index (κ1) is 18.9. The highest BCUT2D eigenvalue weighted by atomic mass is 19.4. The second-order valence-electron chi connectivity index (χ2n) is 6.09. The van der Waals surface area contributed by atoms with Crippen LogP contribution in [0, 0.1) is 5.92 Å². The minimum atomic E-state index is -4.61. The Morgan fingerprint density at radius 3 is 2.32 bits per heavy atom. The van der Waals surface area contributed by atoms with Crippen molar-refractivity contribution < 1.29 is 32.3 Å². The molecule has 1 saturated heterocycles. The fraction of sp³-hybridized carbons (Fsp3) is 0.600. The van der Waals surface area contributed by atoms with Crippen LogP contribution >= 0.6 is 0 Å². The predicted octanol–water partition coefficient (Wildman–Crippen LogP) is 1.15. The lowest BCUT2D eigenvalue weighted by molar-refractivity contribution is -0.166. The molecule has 1 heterocycles. The smallest absolute Gasteiger partial charge is 0.329 e. The summed E-state index contributed by atoms with van der Waals surface area (Å²) in [4.78, 5) is 49.5. The van der Waals surface area contributed by atoms with Crippen LogP contribution in [-0.2, 0) is 14.4 Å². The minimum absolute atomic E-state index is 0.0322. The lowest BCUT2D eigenvalue weighted by Crippen LogP contribution is -2.50. The first-order valence-corrected chi connectivity index (χ1v) is 7.71. The molecule has 0 aromatic heterocycles. The van der Waals surface area contributed by atoms with E-state index in [4.69, 9.17) is 0 Å². The van der Waals surface area contributed by atoms with E-state index in [1.165, 1.54) is 13.0 Å². The lowest BCUT2D eigenvalue weighted by Gasteiger charge is -2.31. The van der Waals surface area contributed by atoms with E-state index in [1.54, 1.807) is 0 Å². The van der Waals surface area contributed by atoms with Crippen molar-refractivity contribution in [2.24, 2.45) is 5.92 Å². The van der Waals surface area contributed by atoms with Crippen molar-refractivity contribution in [2.75, 3.05) is 19.6 Å². The standard InChI is InChI=1S/C15H18F3N3O4/c1-3-6-19-12(23)13(24)20(14(19)25)7-11(22)21(8-15(16,17)18)9(2)10-4-5-10/h3,9-10H,1,4-8H2,2H3. The van der Waals surface area contributed by atoms with E-state index in [0.29, 0.717) is 14.7 Å². The van der Waals surface area contributed by atoms with Crippen LogP contribution in [-0.4, -0.2) is 70.3 Å². The van der Waals surface area contributed by atoms with Crippen LogP contribution in [0.4, 0.5) is 18.0 Å². The number of hydrogen-bond donors (Lipinski definition) is 0. The van der Waals surface area contributed by atoms with Gasteiger partial charge in [-0.2, -0.15) is 13.2 Å². The zero-order valence-corrected chi connectivity index (χ0v) is 13.6. The summed E-state index contributed by atoms with van der Waals surface area (Å²) in [5.74, 6) is -3.41. The number of alkyl halides is 3. The molecule has 2 rings (SSSR count). The van der Waals surface area contributed by atoms with E-state index in [1.807, 2.05) is 0 Å². The maximum absolute atomic E-state index is 12.8. The summed E-state index contributed by atoms with van der Waals surface area (Å²) < 4.78 is 38.4. The van der Waals surface area contributed by atoms with Crippen LogP contribution in [0.1, 0.15) is 19.8 Å². The predicted molar refractivity (Wildman–Crippen MR) is 79.0 cm³/mol. The molecular formula is C15H18F3N3O4. The topological polar surface area (TPSA) is 78.0 Å². The second-order valence-corrected chi connectivity index (χ2v) is 6.09. The quantitative estimate of drug-likeness (QED) is 0.387. The first-order chi connectivity index (χ1) is 11.6. The van der Waals surface area contributed by atoms with Crippen molar-refractivity contribution in [2.45, 2.75) is 32.0 Å². The molecule has 0 N–H and O–H groups in total. The average molecular weight is 361 g/mol. The molecular weight excluding hydrogens is 343 g/mol. The summed E-state index contributed by atoms with van der Waals surface area (Å²) in [5, 5.41) is 0. The summed E-state index contributed by atoms with van der Waals surface area (Å²) in [6.45, 7) is 2.26. The molecule has 1 aliphatic carbocycles. The van der Waals surface area contributed by atoms with Gasteiger partial charge in [-0.15, -0.1) is 6.58 Å². The molecule has 1 atom stereocenters. The van der Waals surface area contributed by atoms with Crippen molar-refractivity contribution in [1.82, 2.24) is 14.7 Å². The Morgan fingerprint density at radius 1 is 1.28 bits per heavy atom. The number of halogens is 3. The van der Waals surface area contributed by atoms with Gasteiger partial charge in [0.15, 0.2) is 0 Å². The highest BCUT2D eigenvalue weighted by Crippen LogP contribution is 2.36. The number of hydrogen-bond acceptors (Lipinski definition) is 4. The Morgan fingerprint density at radius 2 is 1.84 bits per heavy atom. The Balaban J connectivity index is 2.14. The third-order valence-corrected chi connectivity index (χ3v) is 4.21. The summed E-state index contributed by atoms with van der Waals surface area (Å²) in [5.41, 5.74) is 0. The molecule has 2 fully saturated rings. The van der Waals surface area contributed by atoms with E-state index >= 15 is 0 Å². The van der Waals surface area contributed by atoms with E-state index in [-0.39, 0.29) is 12.5 Å². The molecule has 0 aromatic rings. The summed E-state index contributed by atoms with van der Waals surface area (Å²) in [6.07, 6.45) is -1.95. The monoisotopic (exact) mass is 361 g/mol. The number of imide groups is 2. The van der Waals surface area contributed by atoms with Gasteiger partial charge in [-0.1, -0.05) is 6.08 Å². The van der Waals surface area contributed by atoms with Crippen LogP contribution in [0.2, 0.25) is 0 Å². The molecule has 10 heteroatoms. The van der Waals surface area contributed by atoms with Crippen molar-refractivity contribution >= 4 is 23.8 Å². The summed E-state index contributed by atoms with van der Waals surface area (Å²) in [7, 11) is 0. The molecule has 0 radical (unpaired) electrons. The van der Waals surface area contributed by atoms with Gasteiger partial charge in [-0.05, 0) is 25.7 Å². The number of carbonyl (C=O) groups is 4. The van der Waals surface area contributed by atoms with Gasteiger partial charge in [0.1, 0.15) is 13.1 Å². The molecule has 1 saturated carbocycles. The van der Waals surface area contributed by atoms with E-state index in [9.17, 15) is 32.3 Å². The number of carbonyl (C=O) groups excluding carboxylic acids is 4. The Bertz CT molecular complexity index is 616. The van der Waals surface area contributed by atoms with E-state index in [2.05, 4.69) is 6.58 Å². The third kappa shape index (κ3) is 4.18.